The number of aliphatic hydroxyl groups excluding tert-OH is 2. The summed E-state index contributed by atoms with van der Waals surface area (Å²) < 4.78 is 0. The van der Waals surface area contributed by atoms with Crippen molar-refractivity contribution >= 4 is 15.9 Å². The van der Waals surface area contributed by atoms with E-state index in [9.17, 15) is 0 Å². The lowest BCUT2D eigenvalue weighted by molar-refractivity contribution is 0.131. The molecule has 0 fully saturated rings. The minimum atomic E-state index is -0.334. The largest absolute Gasteiger partial charge is 0.396 e. The van der Waals surface area contributed by atoms with Gasteiger partial charge in [0.2, 0.25) is 0 Å². The van der Waals surface area contributed by atoms with Gasteiger partial charge in [0.15, 0.2) is 0 Å². The molecule has 8 heavy (non-hydrogen) atoms. The van der Waals surface area contributed by atoms with Crippen LogP contribution in [0.15, 0.2) is 0 Å². The average molecular weight is 183 g/mol. The Kier molecular flexibility index (Phi) is 5.81. The molecule has 0 aliphatic rings. The Bertz CT molecular complexity index is 43.7. The van der Waals surface area contributed by atoms with E-state index in [4.69, 9.17) is 10.2 Å². The summed E-state index contributed by atoms with van der Waals surface area (Å²) >= 11 is 3.18. The van der Waals surface area contributed by atoms with Crippen LogP contribution in [0.2, 0.25) is 0 Å². The van der Waals surface area contributed by atoms with Gasteiger partial charge in [0.05, 0.1) is 6.10 Å². The van der Waals surface area contributed by atoms with Gasteiger partial charge in [-0.15, -0.1) is 0 Å². The van der Waals surface area contributed by atoms with E-state index in [1.807, 2.05) is 0 Å². The van der Waals surface area contributed by atoms with E-state index in [0.29, 0.717) is 6.42 Å². The number of halogens is 1. The van der Waals surface area contributed by atoms with Gasteiger partial charge in [-0.2, -0.15) is 0 Å². The first-order valence-electron chi connectivity index (χ1n) is 2.66. The second kappa shape index (κ2) is 5.54. The Morgan fingerprint density at radius 1 is 1.38 bits per heavy atom. The quantitative estimate of drug-likeness (QED) is 0.623. The van der Waals surface area contributed by atoms with Crippen LogP contribution in [0.1, 0.15) is 12.8 Å². The van der Waals surface area contributed by atoms with E-state index in [1.54, 1.807) is 0 Å². The van der Waals surface area contributed by atoms with Gasteiger partial charge in [-0.3, -0.25) is 0 Å². The molecule has 0 aliphatic heterocycles. The summed E-state index contributed by atoms with van der Waals surface area (Å²) in [4.78, 5) is 0. The summed E-state index contributed by atoms with van der Waals surface area (Å²) in [5, 5.41) is 17.9. The second-order valence-corrected chi connectivity index (χ2v) is 2.44. The maximum absolute atomic E-state index is 8.86. The van der Waals surface area contributed by atoms with Crippen LogP contribution in [0.5, 0.6) is 0 Å². The van der Waals surface area contributed by atoms with Gasteiger partial charge in [0.25, 0.3) is 0 Å². The molecule has 1 atom stereocenters. The molecule has 50 valence electrons. The maximum atomic E-state index is 8.86. The van der Waals surface area contributed by atoms with Crippen LogP contribution in [-0.2, 0) is 0 Å². The molecule has 0 rings (SSSR count). The zero-order valence-electron chi connectivity index (χ0n) is 4.68. The third-order valence-corrected chi connectivity index (χ3v) is 1.36. The Hall–Kier alpha value is 0.400. The molecule has 0 spiro atoms. The lowest BCUT2D eigenvalue weighted by Crippen LogP contribution is -2.08. The van der Waals surface area contributed by atoms with E-state index in [2.05, 4.69) is 15.9 Å². The van der Waals surface area contributed by atoms with Crippen LogP contribution in [0, 0.1) is 0 Å². The van der Waals surface area contributed by atoms with Crippen molar-refractivity contribution < 1.29 is 10.2 Å². The summed E-state index contributed by atoms with van der Waals surface area (Å²) in [6.07, 6.45) is 0.881. The molecule has 0 bridgehead atoms. The second-order valence-electron chi connectivity index (χ2n) is 1.64. The van der Waals surface area contributed by atoms with E-state index in [1.165, 1.54) is 0 Å². The van der Waals surface area contributed by atoms with Gasteiger partial charge in [-0.05, 0) is 12.8 Å². The third kappa shape index (κ3) is 4.56. The lowest BCUT2D eigenvalue weighted by atomic mass is 10.2. The summed E-state index contributed by atoms with van der Waals surface area (Å²) in [6.45, 7) is 0.0775. The van der Waals surface area contributed by atoms with Gasteiger partial charge < -0.3 is 10.2 Å². The summed E-state index contributed by atoms with van der Waals surface area (Å²) in [6, 6.07) is 0. The first-order chi connectivity index (χ1) is 3.81. The van der Waals surface area contributed by atoms with Gasteiger partial charge in [0, 0.05) is 11.9 Å². The summed E-state index contributed by atoms with van der Waals surface area (Å²) in [5.41, 5.74) is 0. The third-order valence-electron chi connectivity index (χ3n) is 0.905. The fraction of sp³-hybridized carbons (Fsp3) is 1.00. The standard InChI is InChI=1S/C5H11BrO2/c6-3-1-5(8)2-4-7/h5,7-8H,1-4H2. The zero-order valence-corrected chi connectivity index (χ0v) is 6.26. The summed E-state index contributed by atoms with van der Waals surface area (Å²) in [7, 11) is 0. The number of alkyl halides is 1. The van der Waals surface area contributed by atoms with Crippen LogP contribution in [0.3, 0.4) is 0 Å². The van der Waals surface area contributed by atoms with Crippen LogP contribution in [0.25, 0.3) is 0 Å². The highest BCUT2D eigenvalue weighted by Crippen LogP contribution is 1.98. The smallest absolute Gasteiger partial charge is 0.0570 e. The average Bonchev–Trinajstić information content (AvgIpc) is 1.68. The van der Waals surface area contributed by atoms with Crippen molar-refractivity contribution in [2.45, 2.75) is 18.9 Å². The monoisotopic (exact) mass is 182 g/mol. The molecule has 0 aromatic rings. The van der Waals surface area contributed by atoms with Crippen molar-refractivity contribution in [3.8, 4) is 0 Å². The summed E-state index contributed by atoms with van der Waals surface area (Å²) in [5.74, 6) is 0. The highest BCUT2D eigenvalue weighted by Gasteiger charge is 1.99. The Balaban J connectivity index is 2.92. The Labute approximate surface area is 57.7 Å². The van der Waals surface area contributed by atoms with Crippen molar-refractivity contribution in [2.75, 3.05) is 11.9 Å². The van der Waals surface area contributed by atoms with Crippen LogP contribution in [-0.4, -0.2) is 28.3 Å². The topological polar surface area (TPSA) is 40.5 Å². The number of aliphatic hydroxyl groups is 2. The highest BCUT2D eigenvalue weighted by atomic mass is 79.9. The molecular formula is C5H11BrO2. The predicted octanol–water partition coefficient (Wildman–Crippen LogP) is 0.515. The lowest BCUT2D eigenvalue weighted by Gasteiger charge is -2.03. The van der Waals surface area contributed by atoms with Gasteiger partial charge in [-0.1, -0.05) is 15.9 Å². The van der Waals surface area contributed by atoms with E-state index in [-0.39, 0.29) is 12.7 Å². The minimum Gasteiger partial charge on any atom is -0.396 e. The Morgan fingerprint density at radius 2 is 2.00 bits per heavy atom. The molecule has 1 unspecified atom stereocenters. The number of hydrogen-bond donors (Lipinski definition) is 2. The molecule has 0 amide bonds. The molecule has 0 aromatic heterocycles. The maximum Gasteiger partial charge on any atom is 0.0570 e. The van der Waals surface area contributed by atoms with Gasteiger partial charge in [0.1, 0.15) is 0 Å². The van der Waals surface area contributed by atoms with E-state index in [0.717, 1.165) is 11.8 Å². The predicted molar refractivity (Wildman–Crippen MR) is 36.1 cm³/mol. The van der Waals surface area contributed by atoms with Gasteiger partial charge >= 0.3 is 0 Å². The SMILES string of the molecule is OCCC(O)CCBr. The number of rotatable bonds is 4. The van der Waals surface area contributed by atoms with Crippen LogP contribution < -0.4 is 0 Å². The van der Waals surface area contributed by atoms with Crippen molar-refractivity contribution in [3.63, 3.8) is 0 Å². The van der Waals surface area contributed by atoms with Crippen LogP contribution >= 0.6 is 15.9 Å². The van der Waals surface area contributed by atoms with Crippen molar-refractivity contribution in [1.82, 2.24) is 0 Å². The molecule has 0 aliphatic carbocycles. The zero-order chi connectivity index (χ0) is 6.41. The van der Waals surface area contributed by atoms with Crippen molar-refractivity contribution in [3.05, 3.63) is 0 Å². The fourth-order valence-electron chi connectivity index (χ4n) is 0.419. The van der Waals surface area contributed by atoms with Gasteiger partial charge in [-0.25, -0.2) is 0 Å². The van der Waals surface area contributed by atoms with E-state index < -0.39 is 0 Å². The normalized spacial score (nSPS) is 13.9. The molecule has 0 saturated heterocycles. The Morgan fingerprint density at radius 3 is 2.38 bits per heavy atom. The molecule has 2 nitrogen and oxygen atoms in total. The van der Waals surface area contributed by atoms with Crippen LogP contribution in [0.4, 0.5) is 0 Å². The van der Waals surface area contributed by atoms with Crippen molar-refractivity contribution in [1.29, 1.82) is 0 Å². The molecular weight excluding hydrogens is 172 g/mol. The molecule has 3 heteroatoms. The van der Waals surface area contributed by atoms with E-state index >= 15 is 0 Å². The minimum absolute atomic E-state index is 0.0775. The van der Waals surface area contributed by atoms with Crippen molar-refractivity contribution in [2.24, 2.45) is 0 Å². The first-order valence-corrected chi connectivity index (χ1v) is 3.78. The fourth-order valence-corrected chi connectivity index (χ4v) is 0.948. The first kappa shape index (κ1) is 8.40. The molecule has 0 radical (unpaired) electrons. The number of hydrogen-bond acceptors (Lipinski definition) is 2. The molecule has 0 heterocycles. The highest BCUT2D eigenvalue weighted by molar-refractivity contribution is 9.09. The molecule has 0 saturated carbocycles. The molecule has 2 N–H and O–H groups in total. The molecule has 0 aromatic carbocycles.